The van der Waals surface area contributed by atoms with Gasteiger partial charge >= 0.3 is 12.1 Å². The number of carboxylic acids is 1. The van der Waals surface area contributed by atoms with Crippen molar-refractivity contribution in [2.75, 3.05) is 12.4 Å². The summed E-state index contributed by atoms with van der Waals surface area (Å²) in [4.78, 5) is 48.9. The van der Waals surface area contributed by atoms with E-state index in [1.165, 1.54) is 11.8 Å². The van der Waals surface area contributed by atoms with Crippen LogP contribution in [0.1, 0.15) is 11.7 Å². The van der Waals surface area contributed by atoms with Crippen LogP contribution in [0.4, 0.5) is 4.79 Å². The molecule has 11 heteroatoms. The Morgan fingerprint density at radius 1 is 1.36 bits per heavy atom. The van der Waals surface area contributed by atoms with Gasteiger partial charge in [0.1, 0.15) is 17.7 Å². The van der Waals surface area contributed by atoms with Crippen molar-refractivity contribution in [3.63, 3.8) is 0 Å². The predicted molar refractivity (Wildman–Crippen MR) is 94.4 cm³/mol. The molecular formula is C17H15N3O7S. The van der Waals surface area contributed by atoms with E-state index in [1.807, 2.05) is 0 Å². The highest BCUT2D eigenvalue weighted by molar-refractivity contribution is 8.00. The van der Waals surface area contributed by atoms with Gasteiger partial charge in [-0.2, -0.15) is 0 Å². The SMILES string of the molecule is NC(=O)OCC1=C(C(=O)O)N2C(=O)C3(NC(=O)C(c4ccccc4)O3)[C@@H]2SC1. The number of nitrogens with two attached hydrogens (primary N) is 1. The summed E-state index contributed by atoms with van der Waals surface area (Å²) in [6, 6.07) is 8.70. The molecule has 1 spiro atoms. The summed E-state index contributed by atoms with van der Waals surface area (Å²) in [5.74, 6) is -2.34. The molecule has 0 radical (unpaired) electrons. The van der Waals surface area contributed by atoms with Gasteiger partial charge in [0.25, 0.3) is 17.5 Å². The second kappa shape index (κ2) is 6.53. The van der Waals surface area contributed by atoms with Crippen LogP contribution in [-0.2, 0) is 23.9 Å². The molecule has 3 aliphatic rings. The Kier molecular flexibility index (Phi) is 4.27. The Balaban J connectivity index is 1.62. The van der Waals surface area contributed by atoms with Crippen LogP contribution in [0.2, 0.25) is 0 Å². The second-order valence-electron chi connectivity index (χ2n) is 6.34. The molecule has 1 aromatic carbocycles. The molecular weight excluding hydrogens is 390 g/mol. The van der Waals surface area contributed by atoms with Gasteiger partial charge in [-0.25, -0.2) is 9.59 Å². The molecule has 4 rings (SSSR count). The molecule has 0 aromatic heterocycles. The summed E-state index contributed by atoms with van der Waals surface area (Å²) in [7, 11) is 0. The van der Waals surface area contributed by atoms with E-state index >= 15 is 0 Å². The molecule has 3 heterocycles. The van der Waals surface area contributed by atoms with E-state index in [4.69, 9.17) is 10.5 Å². The lowest BCUT2D eigenvalue weighted by atomic mass is 9.99. The van der Waals surface area contributed by atoms with Crippen molar-refractivity contribution < 1.29 is 33.8 Å². The third-order valence-electron chi connectivity index (χ3n) is 4.65. The summed E-state index contributed by atoms with van der Waals surface area (Å²) in [5.41, 5.74) is 3.84. The number of β-lactam (4-membered cyclic amide) rings is 1. The predicted octanol–water partition coefficient (Wildman–Crippen LogP) is -0.0805. The maximum Gasteiger partial charge on any atom is 0.404 e. The second-order valence-corrected chi connectivity index (χ2v) is 7.41. The van der Waals surface area contributed by atoms with E-state index in [0.29, 0.717) is 5.56 Å². The number of fused-ring (bicyclic) bond motifs is 2. The molecule has 146 valence electrons. The number of primary amides is 1. The van der Waals surface area contributed by atoms with Crippen LogP contribution in [0.5, 0.6) is 0 Å². The Morgan fingerprint density at radius 2 is 2.07 bits per heavy atom. The van der Waals surface area contributed by atoms with E-state index in [-0.39, 0.29) is 23.6 Å². The molecule has 10 nitrogen and oxygen atoms in total. The molecule has 4 N–H and O–H groups in total. The molecule has 2 unspecified atom stereocenters. The summed E-state index contributed by atoms with van der Waals surface area (Å²) in [6.45, 7) is -0.340. The van der Waals surface area contributed by atoms with Gasteiger partial charge in [-0.1, -0.05) is 30.3 Å². The van der Waals surface area contributed by atoms with E-state index < -0.39 is 41.1 Å². The largest absolute Gasteiger partial charge is 0.477 e. The molecule has 28 heavy (non-hydrogen) atoms. The van der Waals surface area contributed by atoms with Crippen molar-refractivity contribution in [2.45, 2.75) is 17.2 Å². The number of hydrogen-bond acceptors (Lipinski definition) is 7. The average molecular weight is 405 g/mol. The maximum absolute atomic E-state index is 12.9. The third-order valence-corrected chi connectivity index (χ3v) is 6.03. The van der Waals surface area contributed by atoms with Crippen LogP contribution in [0.15, 0.2) is 41.6 Å². The Bertz CT molecular complexity index is 919. The lowest BCUT2D eigenvalue weighted by Gasteiger charge is -2.54. The summed E-state index contributed by atoms with van der Waals surface area (Å²) < 4.78 is 10.5. The van der Waals surface area contributed by atoms with Gasteiger partial charge in [-0.05, 0) is 5.56 Å². The fraction of sp³-hybridized carbons (Fsp3) is 0.294. The minimum Gasteiger partial charge on any atom is -0.477 e. The van der Waals surface area contributed by atoms with Crippen LogP contribution in [0.3, 0.4) is 0 Å². The van der Waals surface area contributed by atoms with Crippen LogP contribution >= 0.6 is 11.8 Å². The fourth-order valence-corrected chi connectivity index (χ4v) is 4.83. The molecule has 2 fully saturated rings. The molecule has 3 amide bonds. The Hall–Kier alpha value is -3.05. The van der Waals surface area contributed by atoms with Gasteiger partial charge in [-0.3, -0.25) is 14.5 Å². The van der Waals surface area contributed by atoms with Gasteiger partial charge in [0.15, 0.2) is 6.10 Å². The molecule has 3 aliphatic heterocycles. The van der Waals surface area contributed by atoms with Gasteiger partial charge in [0.2, 0.25) is 0 Å². The van der Waals surface area contributed by atoms with Crippen molar-refractivity contribution >= 4 is 35.6 Å². The van der Waals surface area contributed by atoms with Crippen LogP contribution in [0.25, 0.3) is 0 Å². The first-order valence-electron chi connectivity index (χ1n) is 8.23. The minimum atomic E-state index is -1.63. The van der Waals surface area contributed by atoms with Gasteiger partial charge in [0, 0.05) is 11.3 Å². The number of rotatable bonds is 4. The zero-order valence-electron chi connectivity index (χ0n) is 14.3. The van der Waals surface area contributed by atoms with E-state index in [0.717, 1.165) is 4.90 Å². The molecule has 0 saturated carbocycles. The zero-order valence-corrected chi connectivity index (χ0v) is 15.1. The fourth-order valence-electron chi connectivity index (χ4n) is 3.45. The van der Waals surface area contributed by atoms with Crippen LogP contribution in [0, 0.1) is 0 Å². The highest BCUT2D eigenvalue weighted by atomic mass is 32.2. The topological polar surface area (TPSA) is 148 Å². The first kappa shape index (κ1) is 18.3. The smallest absolute Gasteiger partial charge is 0.404 e. The quantitative estimate of drug-likeness (QED) is 0.589. The minimum absolute atomic E-state index is 0.167. The Morgan fingerprint density at radius 3 is 2.71 bits per heavy atom. The number of hydrogen-bond donors (Lipinski definition) is 3. The zero-order chi connectivity index (χ0) is 20.1. The molecule has 0 aliphatic carbocycles. The number of benzene rings is 1. The number of carbonyl (C=O) groups is 4. The van der Waals surface area contributed by atoms with Crippen molar-refractivity contribution in [1.82, 2.24) is 10.2 Å². The number of nitrogens with one attached hydrogen (secondary N) is 1. The number of aliphatic carboxylic acids is 1. The molecule has 0 bridgehead atoms. The summed E-state index contributed by atoms with van der Waals surface area (Å²) >= 11 is 1.21. The monoisotopic (exact) mass is 405 g/mol. The average Bonchev–Trinajstić information content (AvgIpc) is 3.05. The first-order valence-corrected chi connectivity index (χ1v) is 9.27. The van der Waals surface area contributed by atoms with Gasteiger partial charge in [-0.15, -0.1) is 11.8 Å². The molecule has 1 aromatic rings. The number of nitrogens with zero attached hydrogens (tertiary/aromatic N) is 1. The summed E-state index contributed by atoms with van der Waals surface area (Å²) in [5, 5.41) is 11.4. The van der Waals surface area contributed by atoms with Crippen LogP contribution < -0.4 is 11.1 Å². The van der Waals surface area contributed by atoms with E-state index in [9.17, 15) is 24.3 Å². The van der Waals surface area contributed by atoms with Gasteiger partial charge < -0.3 is 25.6 Å². The first-order chi connectivity index (χ1) is 13.3. The normalized spacial score (nSPS) is 28.6. The molecule has 3 atom stereocenters. The highest BCUT2D eigenvalue weighted by Gasteiger charge is 2.70. The van der Waals surface area contributed by atoms with Crippen molar-refractivity contribution in [2.24, 2.45) is 5.73 Å². The molecule has 2 saturated heterocycles. The number of carbonyl (C=O) groups excluding carboxylic acids is 3. The highest BCUT2D eigenvalue weighted by Crippen LogP contribution is 2.50. The van der Waals surface area contributed by atoms with Crippen LogP contribution in [-0.4, -0.2) is 57.3 Å². The summed E-state index contributed by atoms with van der Waals surface area (Å²) in [6.07, 6.45) is -2.02. The number of thioether (sulfide) groups is 1. The van der Waals surface area contributed by atoms with E-state index in [1.54, 1.807) is 30.3 Å². The number of amides is 3. The van der Waals surface area contributed by atoms with Gasteiger partial charge in [0.05, 0.1) is 0 Å². The lowest BCUT2D eigenvalue weighted by molar-refractivity contribution is -0.190. The lowest BCUT2D eigenvalue weighted by Crippen LogP contribution is -2.78. The van der Waals surface area contributed by atoms with Crippen molar-refractivity contribution in [1.29, 1.82) is 0 Å². The van der Waals surface area contributed by atoms with E-state index in [2.05, 4.69) is 10.1 Å². The third kappa shape index (κ3) is 2.62. The van der Waals surface area contributed by atoms with Crippen molar-refractivity contribution in [3.8, 4) is 0 Å². The standard InChI is InChI=1S/C17H15N3O7S/c18-16(25)26-6-9-7-28-15-17(14(24)20(15)10(9)13(22)23)19-12(21)11(27-17)8-4-2-1-3-5-8/h1-5,11,15H,6-7H2,(H2,18,25)(H,19,21)(H,22,23)/t11?,15-,17?/m0/s1. The number of carboxylic acid groups (broad SMARTS) is 1. The Labute approximate surface area is 162 Å². The maximum atomic E-state index is 12.9. The number of ether oxygens (including phenoxy) is 2. The van der Waals surface area contributed by atoms with Crippen molar-refractivity contribution in [3.05, 3.63) is 47.2 Å².